The summed E-state index contributed by atoms with van der Waals surface area (Å²) in [6.07, 6.45) is 11.6. The fourth-order valence-electron chi connectivity index (χ4n) is 10.7. The molecule has 0 heterocycles. The van der Waals surface area contributed by atoms with E-state index in [2.05, 4.69) is 61.5 Å². The number of methoxy groups -OCH3 is 1. The Labute approximate surface area is 214 Å². The highest BCUT2D eigenvalue weighted by atomic mass is 16.5. The Kier molecular flexibility index (Phi) is 5.45. The molecule has 0 amide bonds. The summed E-state index contributed by atoms with van der Waals surface area (Å²) in [5.41, 5.74) is 1.41. The molecule has 0 saturated heterocycles. The monoisotopic (exact) mass is 482 g/mol. The van der Waals surface area contributed by atoms with Gasteiger partial charge in [-0.25, -0.2) is 0 Å². The zero-order valence-electron chi connectivity index (χ0n) is 24.0. The highest BCUT2D eigenvalue weighted by Crippen LogP contribution is 2.75. The van der Waals surface area contributed by atoms with Crippen LogP contribution in [-0.2, 0) is 14.3 Å². The van der Waals surface area contributed by atoms with Crippen molar-refractivity contribution in [1.82, 2.24) is 0 Å². The summed E-state index contributed by atoms with van der Waals surface area (Å²) in [6, 6.07) is 0. The molecule has 0 aromatic rings. The Morgan fingerprint density at radius 3 is 2.23 bits per heavy atom. The van der Waals surface area contributed by atoms with Crippen LogP contribution in [0.4, 0.5) is 0 Å². The molecule has 4 saturated carbocycles. The van der Waals surface area contributed by atoms with E-state index in [9.17, 15) is 9.59 Å². The Morgan fingerprint density at radius 1 is 0.914 bits per heavy atom. The number of fused-ring (bicyclic) bond motifs is 7. The number of rotatable bonds is 1. The van der Waals surface area contributed by atoms with Crippen LogP contribution in [0.15, 0.2) is 11.6 Å². The van der Waals surface area contributed by atoms with E-state index in [0.717, 1.165) is 38.5 Å². The standard InChI is InChI=1S/C32H50O3/c1-20-10-12-29(6)23(28(20,4)5)11-13-30(7)24(29)18-22(33)25-21-19-27(2,3)14-16-32(21,26(34)35-9)17-15-31(25,30)8/h18,20-21,23,25H,10-17,19H2,1-9H3/t20-,21-,23-,25-,29-,30+,31+,32-/m0/s1. The maximum Gasteiger partial charge on any atom is 0.312 e. The van der Waals surface area contributed by atoms with Crippen LogP contribution in [0.2, 0.25) is 0 Å². The Hall–Kier alpha value is -1.12. The van der Waals surface area contributed by atoms with Crippen molar-refractivity contribution in [2.24, 2.45) is 56.2 Å². The summed E-state index contributed by atoms with van der Waals surface area (Å²) >= 11 is 0. The molecule has 5 rings (SSSR count). The van der Waals surface area contributed by atoms with Crippen LogP contribution < -0.4 is 0 Å². The smallest absolute Gasteiger partial charge is 0.312 e. The fraction of sp³-hybridized carbons (Fsp3) is 0.875. The van der Waals surface area contributed by atoms with E-state index in [1.807, 2.05) is 0 Å². The van der Waals surface area contributed by atoms with Crippen LogP contribution in [-0.4, -0.2) is 18.9 Å². The number of hydrogen-bond donors (Lipinski definition) is 0. The first kappa shape index (κ1) is 25.5. The summed E-state index contributed by atoms with van der Waals surface area (Å²) in [6.45, 7) is 19.5. The zero-order valence-corrected chi connectivity index (χ0v) is 24.0. The number of carbonyl (C=O) groups is 2. The molecule has 3 heteroatoms. The van der Waals surface area contributed by atoms with Crippen LogP contribution >= 0.6 is 0 Å². The first-order valence-electron chi connectivity index (χ1n) is 14.4. The third-order valence-corrected chi connectivity index (χ3v) is 13.5. The Balaban J connectivity index is 1.65. The van der Waals surface area contributed by atoms with Crippen molar-refractivity contribution in [3.8, 4) is 0 Å². The normalized spacial score (nSPS) is 50.1. The van der Waals surface area contributed by atoms with Crippen LogP contribution in [0, 0.1) is 56.2 Å². The second kappa shape index (κ2) is 7.47. The van der Waals surface area contributed by atoms with Gasteiger partial charge in [0.15, 0.2) is 5.78 Å². The summed E-state index contributed by atoms with van der Waals surface area (Å²) in [4.78, 5) is 27.7. The highest BCUT2D eigenvalue weighted by molar-refractivity contribution is 5.96. The predicted octanol–water partition coefficient (Wildman–Crippen LogP) is 7.78. The van der Waals surface area contributed by atoms with Crippen molar-refractivity contribution in [1.29, 1.82) is 0 Å². The summed E-state index contributed by atoms with van der Waals surface area (Å²) in [5, 5.41) is 0. The van der Waals surface area contributed by atoms with Gasteiger partial charge in [0, 0.05) is 5.92 Å². The maximum atomic E-state index is 14.4. The lowest BCUT2D eigenvalue weighted by Crippen LogP contribution is -2.66. The molecule has 196 valence electrons. The largest absolute Gasteiger partial charge is 0.469 e. The second-order valence-electron chi connectivity index (χ2n) is 15.6. The second-order valence-corrected chi connectivity index (χ2v) is 15.6. The van der Waals surface area contributed by atoms with Crippen LogP contribution in [0.25, 0.3) is 0 Å². The lowest BCUT2D eigenvalue weighted by atomic mass is 9.33. The molecule has 3 nitrogen and oxygen atoms in total. The molecule has 5 aliphatic carbocycles. The number of ether oxygens (including phenoxy) is 1. The minimum absolute atomic E-state index is 0.0113. The minimum atomic E-state index is -0.491. The van der Waals surface area contributed by atoms with Gasteiger partial charge in [0.1, 0.15) is 0 Å². The van der Waals surface area contributed by atoms with Crippen molar-refractivity contribution in [2.75, 3.05) is 7.11 Å². The molecular formula is C32H50O3. The average Bonchev–Trinajstić information content (AvgIpc) is 2.77. The SMILES string of the molecule is COC(=O)[C@]12CCC(C)(C)C[C@H]1[C@H]1C(=O)C=C3[C@@]4(C)CC[C@H](C)C(C)(C)[C@@H]4CC[C@@]3(C)[C@]1(C)CC2. The van der Waals surface area contributed by atoms with Gasteiger partial charge in [-0.3, -0.25) is 9.59 Å². The van der Waals surface area contributed by atoms with Crippen molar-refractivity contribution in [3.63, 3.8) is 0 Å². The van der Waals surface area contributed by atoms with Gasteiger partial charge < -0.3 is 4.74 Å². The van der Waals surface area contributed by atoms with Crippen molar-refractivity contribution >= 4 is 11.8 Å². The molecule has 0 unspecified atom stereocenters. The van der Waals surface area contributed by atoms with E-state index in [-0.39, 0.29) is 44.9 Å². The van der Waals surface area contributed by atoms with Gasteiger partial charge in [0.25, 0.3) is 0 Å². The molecule has 0 bridgehead atoms. The lowest BCUT2D eigenvalue weighted by molar-refractivity contribution is -0.193. The first-order valence-corrected chi connectivity index (χ1v) is 14.4. The lowest BCUT2D eigenvalue weighted by Gasteiger charge is -2.70. The van der Waals surface area contributed by atoms with Crippen molar-refractivity contribution in [2.45, 2.75) is 113 Å². The molecule has 8 atom stereocenters. The summed E-state index contributed by atoms with van der Waals surface area (Å²) in [5.74, 6) is 1.58. The van der Waals surface area contributed by atoms with Gasteiger partial charge in [-0.15, -0.1) is 0 Å². The predicted molar refractivity (Wildman–Crippen MR) is 141 cm³/mol. The fourth-order valence-corrected chi connectivity index (χ4v) is 10.7. The molecule has 0 aromatic heterocycles. The third kappa shape index (κ3) is 3.08. The Bertz CT molecular complexity index is 973. The van der Waals surface area contributed by atoms with E-state index >= 15 is 0 Å². The molecule has 0 spiro atoms. The molecule has 0 radical (unpaired) electrons. The minimum Gasteiger partial charge on any atom is -0.469 e. The average molecular weight is 483 g/mol. The first-order chi connectivity index (χ1) is 16.1. The molecule has 5 aliphatic rings. The van der Waals surface area contributed by atoms with Crippen molar-refractivity contribution in [3.05, 3.63) is 11.6 Å². The molecule has 0 N–H and O–H groups in total. The highest BCUT2D eigenvalue weighted by Gasteiger charge is 2.70. The van der Waals surface area contributed by atoms with Gasteiger partial charge in [0.05, 0.1) is 12.5 Å². The maximum absolute atomic E-state index is 14.4. The van der Waals surface area contributed by atoms with Gasteiger partial charge in [-0.05, 0) is 109 Å². The molecule has 0 aromatic carbocycles. The van der Waals surface area contributed by atoms with Crippen LogP contribution in [0.5, 0.6) is 0 Å². The van der Waals surface area contributed by atoms with E-state index in [0.29, 0.717) is 17.6 Å². The topological polar surface area (TPSA) is 43.4 Å². The molecule has 35 heavy (non-hydrogen) atoms. The Morgan fingerprint density at radius 2 is 1.57 bits per heavy atom. The van der Waals surface area contributed by atoms with Gasteiger partial charge in [-0.2, -0.15) is 0 Å². The number of carbonyl (C=O) groups excluding carboxylic acids is 2. The van der Waals surface area contributed by atoms with E-state index in [1.54, 1.807) is 0 Å². The number of hydrogen-bond acceptors (Lipinski definition) is 3. The third-order valence-electron chi connectivity index (χ3n) is 13.5. The van der Waals surface area contributed by atoms with E-state index in [4.69, 9.17) is 4.74 Å². The van der Waals surface area contributed by atoms with Crippen molar-refractivity contribution < 1.29 is 14.3 Å². The van der Waals surface area contributed by atoms with Gasteiger partial charge in [-0.1, -0.05) is 61.0 Å². The molecule has 4 fully saturated rings. The summed E-state index contributed by atoms with van der Waals surface area (Å²) < 4.78 is 5.45. The molecular weight excluding hydrogens is 432 g/mol. The van der Waals surface area contributed by atoms with E-state index in [1.165, 1.54) is 31.9 Å². The van der Waals surface area contributed by atoms with Crippen LogP contribution in [0.1, 0.15) is 113 Å². The van der Waals surface area contributed by atoms with Gasteiger partial charge >= 0.3 is 5.97 Å². The van der Waals surface area contributed by atoms with E-state index < -0.39 is 5.41 Å². The molecule has 0 aliphatic heterocycles. The number of esters is 1. The van der Waals surface area contributed by atoms with Crippen LogP contribution in [0.3, 0.4) is 0 Å². The number of ketones is 1. The number of allylic oxidation sites excluding steroid dienone is 2. The zero-order chi connectivity index (χ0) is 25.8. The van der Waals surface area contributed by atoms with Gasteiger partial charge in [0.2, 0.25) is 0 Å². The quantitative estimate of drug-likeness (QED) is 0.358. The summed E-state index contributed by atoms with van der Waals surface area (Å²) in [7, 11) is 1.54.